The minimum absolute atomic E-state index is 0.0902. The van der Waals surface area contributed by atoms with Crippen LogP contribution in [0.25, 0.3) is 0 Å². The van der Waals surface area contributed by atoms with Crippen molar-refractivity contribution in [2.24, 2.45) is 5.92 Å². The Morgan fingerprint density at radius 3 is 2.17 bits per heavy atom. The van der Waals surface area contributed by atoms with E-state index in [0.29, 0.717) is 11.9 Å². The van der Waals surface area contributed by atoms with Gasteiger partial charge in [-0.15, -0.1) is 0 Å². The molecule has 0 spiro atoms. The molecule has 0 aliphatic heterocycles. The third-order valence-electron chi connectivity index (χ3n) is 1.69. The molecule has 12 heavy (non-hydrogen) atoms. The number of carbonyl (C=O) groups is 2. The van der Waals surface area contributed by atoms with Crippen molar-refractivity contribution in [1.82, 2.24) is 0 Å². The summed E-state index contributed by atoms with van der Waals surface area (Å²) >= 11 is 0. The zero-order valence-electron chi connectivity index (χ0n) is 7.76. The largest absolute Gasteiger partial charge is 0.298 e. The molecule has 0 heterocycles. The molecule has 0 aliphatic carbocycles. The fourth-order valence-corrected chi connectivity index (χ4v) is 0.700. The molecule has 2 nitrogen and oxygen atoms in total. The van der Waals surface area contributed by atoms with Crippen molar-refractivity contribution in [3.8, 4) is 0 Å². The predicted molar refractivity (Wildman–Crippen MR) is 48.8 cm³/mol. The summed E-state index contributed by atoms with van der Waals surface area (Å²) in [6.07, 6.45) is 2.07. The van der Waals surface area contributed by atoms with Crippen LogP contribution in [-0.4, -0.2) is 12.1 Å². The van der Waals surface area contributed by atoms with Crippen LogP contribution < -0.4 is 0 Å². The predicted octanol–water partition coefficient (Wildman–Crippen LogP) is 1.91. The molecule has 0 atom stereocenters. The molecule has 66 valence electrons. The number of allylic oxidation sites excluding steroid dienone is 3. The van der Waals surface area contributed by atoms with E-state index in [1.807, 2.05) is 13.8 Å². The molecule has 0 aromatic carbocycles. The van der Waals surface area contributed by atoms with E-state index in [9.17, 15) is 9.59 Å². The Balaban J connectivity index is 4.60. The van der Waals surface area contributed by atoms with Crippen LogP contribution in [0.5, 0.6) is 0 Å². The van der Waals surface area contributed by atoms with Gasteiger partial charge in [0.2, 0.25) is 0 Å². The van der Waals surface area contributed by atoms with Gasteiger partial charge >= 0.3 is 0 Å². The fraction of sp³-hybridized carbons (Fsp3) is 0.400. The molecule has 2 heteroatoms. The van der Waals surface area contributed by atoms with E-state index >= 15 is 0 Å². The molecule has 0 fully saturated rings. The Bertz CT molecular complexity index is 234. The molecular weight excluding hydrogens is 152 g/mol. The van der Waals surface area contributed by atoms with Crippen LogP contribution in [-0.2, 0) is 9.59 Å². The van der Waals surface area contributed by atoms with Gasteiger partial charge in [0, 0.05) is 0 Å². The van der Waals surface area contributed by atoms with E-state index in [-0.39, 0.29) is 17.3 Å². The van der Waals surface area contributed by atoms with E-state index in [1.54, 1.807) is 6.92 Å². The maximum atomic E-state index is 11.3. The minimum atomic E-state index is -0.248. The van der Waals surface area contributed by atoms with Crippen molar-refractivity contribution < 1.29 is 9.59 Å². The number of hydrogen-bond donors (Lipinski definition) is 0. The number of carbonyl (C=O) groups excluding carboxylic acids is 2. The number of aldehydes is 1. The van der Waals surface area contributed by atoms with Crippen LogP contribution in [0.3, 0.4) is 0 Å². The van der Waals surface area contributed by atoms with Gasteiger partial charge in [0.25, 0.3) is 0 Å². The SMILES string of the molecule is C=C(C(=O)/C(C=O)=C\C)C(C)C. The lowest BCUT2D eigenvalue weighted by Gasteiger charge is -2.06. The van der Waals surface area contributed by atoms with Gasteiger partial charge in [-0.25, -0.2) is 0 Å². The maximum Gasteiger partial charge on any atom is 0.191 e. The first kappa shape index (κ1) is 10.8. The maximum absolute atomic E-state index is 11.3. The molecule has 0 amide bonds. The normalized spacial score (nSPS) is 11.5. The van der Waals surface area contributed by atoms with Gasteiger partial charge in [-0.3, -0.25) is 9.59 Å². The average molecular weight is 166 g/mol. The quantitative estimate of drug-likeness (QED) is 0.277. The van der Waals surface area contributed by atoms with Gasteiger partial charge < -0.3 is 0 Å². The van der Waals surface area contributed by atoms with Crippen molar-refractivity contribution in [2.45, 2.75) is 20.8 Å². The van der Waals surface area contributed by atoms with Crippen LogP contribution in [0.1, 0.15) is 20.8 Å². The third kappa shape index (κ3) is 2.46. The van der Waals surface area contributed by atoms with E-state index < -0.39 is 0 Å². The van der Waals surface area contributed by atoms with Crippen molar-refractivity contribution in [3.63, 3.8) is 0 Å². The molecule has 0 unspecified atom stereocenters. The minimum Gasteiger partial charge on any atom is -0.298 e. The number of hydrogen-bond acceptors (Lipinski definition) is 2. The highest BCUT2D eigenvalue weighted by molar-refractivity contribution is 6.19. The highest BCUT2D eigenvalue weighted by atomic mass is 16.1. The second-order valence-electron chi connectivity index (χ2n) is 2.87. The van der Waals surface area contributed by atoms with E-state index in [4.69, 9.17) is 0 Å². The van der Waals surface area contributed by atoms with Crippen molar-refractivity contribution in [1.29, 1.82) is 0 Å². The molecule has 0 rings (SSSR count). The van der Waals surface area contributed by atoms with Crippen LogP contribution in [0.2, 0.25) is 0 Å². The van der Waals surface area contributed by atoms with Crippen molar-refractivity contribution >= 4 is 12.1 Å². The Kier molecular flexibility index (Phi) is 4.19. The smallest absolute Gasteiger partial charge is 0.191 e. The van der Waals surface area contributed by atoms with Gasteiger partial charge in [-0.2, -0.15) is 0 Å². The first-order valence-corrected chi connectivity index (χ1v) is 3.89. The fourth-order valence-electron chi connectivity index (χ4n) is 0.700. The lowest BCUT2D eigenvalue weighted by Crippen LogP contribution is -2.10. The summed E-state index contributed by atoms with van der Waals surface area (Å²) < 4.78 is 0. The summed E-state index contributed by atoms with van der Waals surface area (Å²) in [5, 5.41) is 0. The van der Waals surface area contributed by atoms with Crippen LogP contribution >= 0.6 is 0 Å². The lowest BCUT2D eigenvalue weighted by molar-refractivity contribution is -0.115. The van der Waals surface area contributed by atoms with Gasteiger partial charge in [-0.1, -0.05) is 26.5 Å². The molecule has 0 aromatic heterocycles. The summed E-state index contributed by atoms with van der Waals surface area (Å²) in [6.45, 7) is 9.03. The van der Waals surface area contributed by atoms with Crippen molar-refractivity contribution in [3.05, 3.63) is 23.8 Å². The van der Waals surface area contributed by atoms with Gasteiger partial charge in [0.15, 0.2) is 12.1 Å². The van der Waals surface area contributed by atoms with E-state index in [2.05, 4.69) is 6.58 Å². The molecule has 0 aliphatic rings. The molecule has 0 saturated carbocycles. The molecular formula is C10H14O2. The molecule has 0 N–H and O–H groups in total. The standard InChI is InChI=1S/C10H14O2/c1-5-9(6-11)10(12)8(4)7(2)3/h5-7H,4H2,1-3H3/b9-5-. The summed E-state index contributed by atoms with van der Waals surface area (Å²) in [7, 11) is 0. The highest BCUT2D eigenvalue weighted by Gasteiger charge is 2.13. The summed E-state index contributed by atoms with van der Waals surface area (Å²) in [4.78, 5) is 21.7. The van der Waals surface area contributed by atoms with Crippen LogP contribution in [0.4, 0.5) is 0 Å². The van der Waals surface area contributed by atoms with Gasteiger partial charge in [-0.05, 0) is 18.4 Å². The zero-order chi connectivity index (χ0) is 9.72. The van der Waals surface area contributed by atoms with Crippen LogP contribution in [0.15, 0.2) is 23.8 Å². The lowest BCUT2D eigenvalue weighted by atomic mass is 9.96. The average Bonchev–Trinajstić information content (AvgIpc) is 2.05. The molecule has 0 saturated heterocycles. The monoisotopic (exact) mass is 166 g/mol. The van der Waals surface area contributed by atoms with Crippen molar-refractivity contribution in [2.75, 3.05) is 0 Å². The third-order valence-corrected chi connectivity index (χ3v) is 1.69. The van der Waals surface area contributed by atoms with E-state index in [0.717, 1.165) is 0 Å². The summed E-state index contributed by atoms with van der Waals surface area (Å²) in [6, 6.07) is 0. The Hall–Kier alpha value is -1.18. The Morgan fingerprint density at radius 1 is 1.42 bits per heavy atom. The molecule has 0 radical (unpaired) electrons. The van der Waals surface area contributed by atoms with Gasteiger partial charge in [0.05, 0.1) is 5.57 Å². The highest BCUT2D eigenvalue weighted by Crippen LogP contribution is 2.11. The summed E-state index contributed by atoms with van der Waals surface area (Å²) in [5.41, 5.74) is 0.670. The molecule has 0 bridgehead atoms. The summed E-state index contributed by atoms with van der Waals surface area (Å²) in [5.74, 6) is -0.157. The second-order valence-corrected chi connectivity index (χ2v) is 2.87. The number of ketones is 1. The Morgan fingerprint density at radius 2 is 1.92 bits per heavy atom. The zero-order valence-corrected chi connectivity index (χ0v) is 7.76. The van der Waals surface area contributed by atoms with Crippen LogP contribution in [0, 0.1) is 5.92 Å². The Labute approximate surface area is 73.0 Å². The first-order valence-electron chi connectivity index (χ1n) is 3.89. The van der Waals surface area contributed by atoms with E-state index in [1.165, 1.54) is 6.08 Å². The second kappa shape index (κ2) is 4.65. The topological polar surface area (TPSA) is 34.1 Å². The first-order chi connectivity index (χ1) is 5.54. The number of rotatable bonds is 4. The van der Waals surface area contributed by atoms with Gasteiger partial charge in [0.1, 0.15) is 0 Å². The number of Topliss-reactive ketones (excluding diaryl/α,β-unsaturated/α-hetero) is 1. The molecule has 0 aromatic rings.